The maximum atomic E-state index is 12.4. The van der Waals surface area contributed by atoms with Crippen molar-refractivity contribution in [1.82, 2.24) is 10.1 Å². The number of nitrogens with one attached hydrogen (secondary N) is 1. The summed E-state index contributed by atoms with van der Waals surface area (Å²) in [6, 6.07) is 10.8. The fourth-order valence-electron chi connectivity index (χ4n) is 2.94. The number of carbonyl (C=O) groups is 1. The lowest BCUT2D eigenvalue weighted by molar-refractivity contribution is -0.113. The number of thioether (sulfide) groups is 1. The number of hydrogen-bond donors (Lipinski definition) is 1. The molecule has 0 saturated heterocycles. The SMILES string of the molecule is CCOc1ccccc1-c1noc(CSCC(=O)Nc2cc(OC)c(OC)c(OC)c2)n1. The minimum atomic E-state index is -0.189. The summed E-state index contributed by atoms with van der Waals surface area (Å²) in [5.41, 5.74) is 1.30. The zero-order chi connectivity index (χ0) is 22.9. The number of amides is 1. The standard InChI is InChI=1S/C22H25N3O6S/c1-5-30-16-9-7-6-8-15(16)22-24-20(31-25-22)13-32-12-19(26)23-14-10-17(27-2)21(29-4)18(11-14)28-3/h6-11H,5,12-13H2,1-4H3,(H,23,26). The number of methoxy groups -OCH3 is 3. The Bertz CT molecular complexity index is 1030. The molecule has 0 bridgehead atoms. The summed E-state index contributed by atoms with van der Waals surface area (Å²) in [6.07, 6.45) is 0. The molecule has 9 nitrogen and oxygen atoms in total. The van der Waals surface area contributed by atoms with Gasteiger partial charge in [0.15, 0.2) is 11.5 Å². The van der Waals surface area contributed by atoms with Crippen molar-refractivity contribution in [2.24, 2.45) is 0 Å². The first-order valence-corrected chi connectivity index (χ1v) is 11.0. The third-order valence-electron chi connectivity index (χ3n) is 4.30. The first-order valence-electron chi connectivity index (χ1n) is 9.82. The van der Waals surface area contributed by atoms with Crippen LogP contribution in [0.5, 0.6) is 23.0 Å². The highest BCUT2D eigenvalue weighted by Gasteiger charge is 2.16. The van der Waals surface area contributed by atoms with Crippen molar-refractivity contribution < 1.29 is 28.3 Å². The molecule has 0 saturated carbocycles. The summed E-state index contributed by atoms with van der Waals surface area (Å²) in [5, 5.41) is 6.85. The van der Waals surface area contributed by atoms with Gasteiger partial charge in [0, 0.05) is 17.8 Å². The van der Waals surface area contributed by atoms with Crippen molar-refractivity contribution in [3.63, 3.8) is 0 Å². The fourth-order valence-corrected chi connectivity index (χ4v) is 3.59. The molecule has 1 aromatic heterocycles. The van der Waals surface area contributed by atoms with Crippen LogP contribution in [0.4, 0.5) is 5.69 Å². The van der Waals surface area contributed by atoms with Crippen molar-refractivity contribution in [2.45, 2.75) is 12.7 Å². The van der Waals surface area contributed by atoms with E-state index in [1.54, 1.807) is 12.1 Å². The molecule has 0 aliphatic rings. The van der Waals surface area contributed by atoms with E-state index < -0.39 is 0 Å². The van der Waals surface area contributed by atoms with Gasteiger partial charge in [0.1, 0.15) is 5.75 Å². The highest BCUT2D eigenvalue weighted by Crippen LogP contribution is 2.40. The number of hydrogen-bond acceptors (Lipinski definition) is 9. The van der Waals surface area contributed by atoms with Crippen molar-refractivity contribution in [3.05, 3.63) is 42.3 Å². The molecular weight excluding hydrogens is 434 g/mol. The van der Waals surface area contributed by atoms with Crippen molar-refractivity contribution in [3.8, 4) is 34.4 Å². The Labute approximate surface area is 190 Å². The highest BCUT2D eigenvalue weighted by molar-refractivity contribution is 7.99. The Morgan fingerprint density at radius 1 is 1.06 bits per heavy atom. The van der Waals surface area contributed by atoms with Crippen LogP contribution in [0.1, 0.15) is 12.8 Å². The van der Waals surface area contributed by atoms with E-state index in [0.29, 0.717) is 52.8 Å². The largest absolute Gasteiger partial charge is 0.493 e. The Morgan fingerprint density at radius 3 is 2.44 bits per heavy atom. The summed E-state index contributed by atoms with van der Waals surface area (Å²) in [7, 11) is 4.56. The van der Waals surface area contributed by atoms with Crippen LogP contribution in [0.15, 0.2) is 40.9 Å². The monoisotopic (exact) mass is 459 g/mol. The maximum Gasteiger partial charge on any atom is 0.236 e. The van der Waals surface area contributed by atoms with E-state index in [0.717, 1.165) is 5.56 Å². The van der Waals surface area contributed by atoms with E-state index in [1.807, 2.05) is 31.2 Å². The van der Waals surface area contributed by atoms with E-state index in [-0.39, 0.29) is 11.7 Å². The summed E-state index contributed by atoms with van der Waals surface area (Å²) >= 11 is 1.36. The number of carbonyl (C=O) groups excluding carboxylic acids is 1. The summed E-state index contributed by atoms with van der Waals surface area (Å²) in [5.74, 6) is 3.35. The third-order valence-corrected chi connectivity index (χ3v) is 5.22. The smallest absolute Gasteiger partial charge is 0.236 e. The maximum absolute atomic E-state index is 12.4. The first-order chi connectivity index (χ1) is 15.6. The molecule has 170 valence electrons. The fraction of sp³-hybridized carbons (Fsp3) is 0.318. The van der Waals surface area contributed by atoms with E-state index in [1.165, 1.54) is 33.1 Å². The van der Waals surface area contributed by atoms with Crippen molar-refractivity contribution in [1.29, 1.82) is 0 Å². The highest BCUT2D eigenvalue weighted by atomic mass is 32.2. The molecule has 0 radical (unpaired) electrons. The van der Waals surface area contributed by atoms with Crippen LogP contribution in [0.25, 0.3) is 11.4 Å². The molecule has 32 heavy (non-hydrogen) atoms. The number of ether oxygens (including phenoxy) is 4. The molecule has 1 N–H and O–H groups in total. The molecular formula is C22H25N3O6S. The van der Waals surface area contributed by atoms with Gasteiger partial charge in [-0.1, -0.05) is 17.3 Å². The minimum Gasteiger partial charge on any atom is -0.493 e. The Hall–Kier alpha value is -3.40. The number of nitrogens with zero attached hydrogens (tertiary/aromatic N) is 2. The second-order valence-corrected chi connectivity index (χ2v) is 7.38. The van der Waals surface area contributed by atoms with Gasteiger partial charge in [0.05, 0.1) is 45.0 Å². The molecule has 0 aliphatic carbocycles. The van der Waals surface area contributed by atoms with Crippen LogP contribution in [0.2, 0.25) is 0 Å². The normalized spacial score (nSPS) is 10.5. The lowest BCUT2D eigenvalue weighted by atomic mass is 10.2. The molecule has 0 aliphatic heterocycles. The Morgan fingerprint density at radius 2 is 1.78 bits per heavy atom. The molecule has 2 aromatic carbocycles. The van der Waals surface area contributed by atoms with Gasteiger partial charge < -0.3 is 28.8 Å². The number of aromatic nitrogens is 2. The average Bonchev–Trinajstić information content (AvgIpc) is 3.27. The second-order valence-electron chi connectivity index (χ2n) is 6.40. The van der Waals surface area contributed by atoms with Crippen LogP contribution in [-0.2, 0) is 10.5 Å². The average molecular weight is 460 g/mol. The summed E-state index contributed by atoms with van der Waals surface area (Å²) < 4.78 is 26.8. The predicted molar refractivity (Wildman–Crippen MR) is 122 cm³/mol. The van der Waals surface area contributed by atoms with Gasteiger partial charge >= 0.3 is 0 Å². The van der Waals surface area contributed by atoms with Crippen LogP contribution in [0, 0.1) is 0 Å². The van der Waals surface area contributed by atoms with Gasteiger partial charge in [-0.15, -0.1) is 11.8 Å². The number of anilines is 1. The molecule has 0 spiro atoms. The molecule has 0 unspecified atom stereocenters. The van der Waals surface area contributed by atoms with Gasteiger partial charge in [0.2, 0.25) is 23.4 Å². The van der Waals surface area contributed by atoms with Gasteiger partial charge in [-0.2, -0.15) is 4.98 Å². The van der Waals surface area contributed by atoms with Crippen molar-refractivity contribution >= 4 is 23.4 Å². The van der Waals surface area contributed by atoms with E-state index in [4.69, 9.17) is 23.5 Å². The topological polar surface area (TPSA) is 105 Å². The van der Waals surface area contributed by atoms with Crippen LogP contribution in [0.3, 0.4) is 0 Å². The van der Waals surface area contributed by atoms with Gasteiger partial charge in [-0.25, -0.2) is 0 Å². The van der Waals surface area contributed by atoms with E-state index in [9.17, 15) is 4.79 Å². The lowest BCUT2D eigenvalue weighted by Crippen LogP contribution is -2.14. The zero-order valence-electron chi connectivity index (χ0n) is 18.3. The number of para-hydroxylation sites is 1. The predicted octanol–water partition coefficient (Wildman–Crippen LogP) is 4.03. The summed E-state index contributed by atoms with van der Waals surface area (Å²) in [6.45, 7) is 2.46. The molecule has 0 fully saturated rings. The number of rotatable bonds is 11. The van der Waals surface area contributed by atoms with Crippen LogP contribution >= 0.6 is 11.8 Å². The molecule has 3 rings (SSSR count). The van der Waals surface area contributed by atoms with Gasteiger partial charge in [-0.05, 0) is 19.1 Å². The van der Waals surface area contributed by atoms with Crippen LogP contribution in [-0.4, -0.2) is 49.7 Å². The molecule has 0 atom stereocenters. The number of benzene rings is 2. The van der Waals surface area contributed by atoms with E-state index in [2.05, 4.69) is 15.5 Å². The van der Waals surface area contributed by atoms with Gasteiger partial charge in [-0.3, -0.25) is 4.79 Å². The third kappa shape index (κ3) is 5.64. The minimum absolute atomic E-state index is 0.189. The molecule has 1 amide bonds. The molecule has 10 heteroatoms. The summed E-state index contributed by atoms with van der Waals surface area (Å²) in [4.78, 5) is 16.8. The zero-order valence-corrected chi connectivity index (χ0v) is 19.2. The van der Waals surface area contributed by atoms with Crippen molar-refractivity contribution in [2.75, 3.05) is 39.0 Å². The Balaban J connectivity index is 1.57. The molecule has 3 aromatic rings. The quantitative estimate of drug-likeness (QED) is 0.455. The lowest BCUT2D eigenvalue weighted by Gasteiger charge is -2.14. The van der Waals surface area contributed by atoms with E-state index >= 15 is 0 Å². The Kier molecular flexibility index (Phi) is 8.20. The second kappa shape index (κ2) is 11.3. The van der Waals surface area contributed by atoms with Gasteiger partial charge in [0.25, 0.3) is 0 Å². The first kappa shape index (κ1) is 23.3. The molecule has 1 heterocycles. The van der Waals surface area contributed by atoms with Crippen LogP contribution < -0.4 is 24.3 Å².